The van der Waals surface area contributed by atoms with E-state index < -0.39 is 22.8 Å². The number of thiophene rings is 1. The quantitative estimate of drug-likeness (QED) is 0.621. The number of carbonyl (C=O) groups excluding carboxylic acids is 1. The molecule has 0 unspecified atom stereocenters. The Bertz CT molecular complexity index is 1350. The lowest BCUT2D eigenvalue weighted by Crippen LogP contribution is -2.37. The molecule has 3 aromatic heterocycles. The van der Waals surface area contributed by atoms with Gasteiger partial charge in [-0.1, -0.05) is 11.6 Å². The molecule has 0 saturated carbocycles. The highest BCUT2D eigenvalue weighted by Crippen LogP contribution is 2.29. The van der Waals surface area contributed by atoms with Gasteiger partial charge in [0, 0.05) is 20.3 Å². The summed E-state index contributed by atoms with van der Waals surface area (Å²) in [5.41, 5.74) is -0.843. The van der Waals surface area contributed by atoms with Crippen LogP contribution in [0.2, 0.25) is 0 Å². The van der Waals surface area contributed by atoms with Gasteiger partial charge in [-0.2, -0.15) is 0 Å². The molecule has 0 amide bonds. The zero-order chi connectivity index (χ0) is 21.5. The summed E-state index contributed by atoms with van der Waals surface area (Å²) in [7, 11) is 2.86. The minimum atomic E-state index is -0.536. The molecule has 0 aliphatic heterocycles. The maximum atomic E-state index is 12.6. The summed E-state index contributed by atoms with van der Waals surface area (Å²) in [6.45, 7) is 3.55. The van der Waals surface area contributed by atoms with Crippen LogP contribution in [-0.2, 0) is 18.8 Å². The van der Waals surface area contributed by atoms with Crippen molar-refractivity contribution in [2.75, 3.05) is 6.61 Å². The van der Waals surface area contributed by atoms with E-state index in [1.54, 1.807) is 13.8 Å². The first-order valence-corrected chi connectivity index (χ1v) is 9.69. The Hall–Kier alpha value is -2.98. The number of hydrogen-bond donors (Lipinski definition) is 1. The molecule has 3 aromatic rings. The average molecular weight is 437 g/mol. The summed E-state index contributed by atoms with van der Waals surface area (Å²) in [5, 5.41) is 0.285. The van der Waals surface area contributed by atoms with Crippen molar-refractivity contribution >= 4 is 50.2 Å². The van der Waals surface area contributed by atoms with Crippen molar-refractivity contribution in [3.8, 4) is 0 Å². The van der Waals surface area contributed by atoms with Crippen molar-refractivity contribution < 1.29 is 9.53 Å². The average Bonchev–Trinajstić information content (AvgIpc) is 3.01. The Morgan fingerprint density at radius 3 is 2.69 bits per heavy atom. The number of aromatic amines is 1. The Kier molecular flexibility index (Phi) is 5.58. The van der Waals surface area contributed by atoms with E-state index in [-0.39, 0.29) is 28.4 Å². The molecule has 152 valence electrons. The molecule has 3 rings (SSSR count). The van der Waals surface area contributed by atoms with E-state index in [4.69, 9.17) is 16.3 Å². The molecule has 9 nitrogen and oxygen atoms in total. The first-order valence-electron chi connectivity index (χ1n) is 8.50. The van der Waals surface area contributed by atoms with Gasteiger partial charge in [-0.05, 0) is 25.5 Å². The second kappa shape index (κ2) is 7.80. The molecule has 0 radical (unpaired) electrons. The standard InChI is InChI=1S/C18H17ClN4O5S/c1-5-28-17(26)12-8(2)11-14(24)20-13(21-15(11)29-12)10(19)6-9-7-22(3)18(27)23(4)16(9)25/h6-7H,5H2,1-4H3,(H,20,21,24)/b10-6-. The van der Waals surface area contributed by atoms with Crippen LogP contribution in [0.15, 0.2) is 20.6 Å². The van der Waals surface area contributed by atoms with Gasteiger partial charge in [0.1, 0.15) is 9.71 Å². The van der Waals surface area contributed by atoms with Crippen LogP contribution in [0.5, 0.6) is 0 Å². The number of H-pyrrole nitrogens is 1. The fraction of sp³-hybridized carbons (Fsp3) is 0.278. The van der Waals surface area contributed by atoms with Crippen molar-refractivity contribution in [3.63, 3.8) is 0 Å². The number of fused-ring (bicyclic) bond motifs is 1. The fourth-order valence-corrected chi connectivity index (χ4v) is 4.07. The van der Waals surface area contributed by atoms with Gasteiger partial charge >= 0.3 is 11.7 Å². The summed E-state index contributed by atoms with van der Waals surface area (Å²) in [6, 6.07) is 0. The number of rotatable bonds is 4. The first-order chi connectivity index (χ1) is 13.6. The molecule has 0 atom stereocenters. The van der Waals surface area contributed by atoms with Gasteiger partial charge in [-0.15, -0.1) is 11.3 Å². The molecule has 0 saturated heterocycles. The minimum absolute atomic E-state index is 0.00323. The van der Waals surface area contributed by atoms with Crippen LogP contribution in [-0.4, -0.2) is 31.7 Å². The normalized spacial score (nSPS) is 11.8. The van der Waals surface area contributed by atoms with Gasteiger partial charge in [-0.3, -0.25) is 14.2 Å². The van der Waals surface area contributed by atoms with Crippen LogP contribution in [0, 0.1) is 6.92 Å². The zero-order valence-electron chi connectivity index (χ0n) is 16.0. The van der Waals surface area contributed by atoms with Gasteiger partial charge < -0.3 is 14.3 Å². The molecule has 0 bridgehead atoms. The number of nitrogens with one attached hydrogen (secondary N) is 1. The van der Waals surface area contributed by atoms with Crippen molar-refractivity contribution in [1.29, 1.82) is 0 Å². The highest BCUT2D eigenvalue weighted by Gasteiger charge is 2.20. The van der Waals surface area contributed by atoms with Crippen LogP contribution >= 0.6 is 22.9 Å². The van der Waals surface area contributed by atoms with Crippen LogP contribution in [0.1, 0.15) is 33.5 Å². The van der Waals surface area contributed by atoms with Crippen molar-refractivity contribution in [2.24, 2.45) is 14.1 Å². The summed E-state index contributed by atoms with van der Waals surface area (Å²) in [4.78, 5) is 56.2. The molecular weight excluding hydrogens is 420 g/mol. The molecule has 0 aromatic carbocycles. The molecule has 1 N–H and O–H groups in total. The highest BCUT2D eigenvalue weighted by atomic mass is 35.5. The number of aromatic nitrogens is 4. The van der Waals surface area contributed by atoms with Crippen LogP contribution in [0.25, 0.3) is 21.3 Å². The predicted octanol–water partition coefficient (Wildman–Crippen LogP) is 1.60. The van der Waals surface area contributed by atoms with Gasteiger partial charge in [0.05, 0.1) is 22.6 Å². The molecule has 3 heterocycles. The zero-order valence-corrected chi connectivity index (χ0v) is 17.6. The van der Waals surface area contributed by atoms with Crippen LogP contribution < -0.4 is 16.8 Å². The van der Waals surface area contributed by atoms with E-state index >= 15 is 0 Å². The van der Waals surface area contributed by atoms with Crippen molar-refractivity contribution in [2.45, 2.75) is 13.8 Å². The van der Waals surface area contributed by atoms with E-state index in [1.165, 1.54) is 30.9 Å². The largest absolute Gasteiger partial charge is 0.462 e. The van der Waals surface area contributed by atoms with E-state index in [0.717, 1.165) is 15.9 Å². The third-order valence-corrected chi connectivity index (χ3v) is 5.70. The third-order valence-electron chi connectivity index (χ3n) is 4.24. The second-order valence-corrected chi connectivity index (χ2v) is 7.61. The van der Waals surface area contributed by atoms with E-state index in [9.17, 15) is 19.2 Å². The van der Waals surface area contributed by atoms with Gasteiger partial charge in [0.2, 0.25) is 0 Å². The van der Waals surface area contributed by atoms with Crippen molar-refractivity contribution in [1.82, 2.24) is 19.1 Å². The molecule has 0 aliphatic rings. The van der Waals surface area contributed by atoms with Crippen LogP contribution in [0.3, 0.4) is 0 Å². The number of halogens is 1. The van der Waals surface area contributed by atoms with E-state index in [0.29, 0.717) is 15.3 Å². The Balaban J connectivity index is 2.15. The fourth-order valence-electron chi connectivity index (χ4n) is 2.79. The summed E-state index contributed by atoms with van der Waals surface area (Å²) < 4.78 is 7.20. The molecule has 0 aliphatic carbocycles. The van der Waals surface area contributed by atoms with E-state index in [1.807, 2.05) is 0 Å². The number of hydrogen-bond acceptors (Lipinski definition) is 7. The Labute approximate surface area is 172 Å². The first kappa shape index (κ1) is 20.7. The number of esters is 1. The lowest BCUT2D eigenvalue weighted by atomic mass is 10.2. The molecule has 0 fully saturated rings. The number of carbonyl (C=O) groups is 1. The van der Waals surface area contributed by atoms with Crippen LogP contribution in [0.4, 0.5) is 0 Å². The Morgan fingerprint density at radius 2 is 2.03 bits per heavy atom. The maximum Gasteiger partial charge on any atom is 0.348 e. The van der Waals surface area contributed by atoms with Gasteiger partial charge in [0.15, 0.2) is 5.82 Å². The van der Waals surface area contributed by atoms with Gasteiger partial charge in [-0.25, -0.2) is 14.6 Å². The number of nitrogens with zero attached hydrogens (tertiary/aromatic N) is 3. The predicted molar refractivity (Wildman–Crippen MR) is 112 cm³/mol. The molecule has 11 heteroatoms. The Morgan fingerprint density at radius 1 is 1.34 bits per heavy atom. The lowest BCUT2D eigenvalue weighted by molar-refractivity contribution is 0.0531. The molecule has 29 heavy (non-hydrogen) atoms. The minimum Gasteiger partial charge on any atom is -0.462 e. The third kappa shape index (κ3) is 3.68. The monoisotopic (exact) mass is 436 g/mol. The summed E-state index contributed by atoms with van der Waals surface area (Å²) >= 11 is 7.33. The van der Waals surface area contributed by atoms with Gasteiger partial charge in [0.25, 0.3) is 11.1 Å². The topological polar surface area (TPSA) is 116 Å². The van der Waals surface area contributed by atoms with E-state index in [2.05, 4.69) is 9.97 Å². The smallest absolute Gasteiger partial charge is 0.348 e. The highest BCUT2D eigenvalue weighted by molar-refractivity contribution is 7.20. The number of ether oxygens (including phenoxy) is 1. The lowest BCUT2D eigenvalue weighted by Gasteiger charge is -2.04. The molecular formula is C18H17ClN4O5S. The second-order valence-electron chi connectivity index (χ2n) is 6.21. The summed E-state index contributed by atoms with van der Waals surface area (Å²) in [6.07, 6.45) is 2.66. The van der Waals surface area contributed by atoms with Crippen molar-refractivity contribution in [3.05, 3.63) is 59.2 Å². The maximum absolute atomic E-state index is 12.6. The SMILES string of the molecule is CCOC(=O)c1sc2nc(/C(Cl)=C/c3cn(C)c(=O)n(C)c3=O)[nH]c(=O)c2c1C. The summed E-state index contributed by atoms with van der Waals surface area (Å²) in [5.74, 6) is -0.485. The number of aryl methyl sites for hydroxylation is 2. The molecule has 0 spiro atoms.